The molecule has 2 heterocycles. The lowest BCUT2D eigenvalue weighted by atomic mass is 10.1. The van der Waals surface area contributed by atoms with Gasteiger partial charge in [0.2, 0.25) is 5.95 Å². The second-order valence-corrected chi connectivity index (χ2v) is 7.66. The van der Waals surface area contributed by atoms with Crippen LogP contribution in [0.25, 0.3) is 0 Å². The molecule has 0 atom stereocenters. The number of hydrogen-bond acceptors (Lipinski definition) is 6. The summed E-state index contributed by atoms with van der Waals surface area (Å²) in [5.41, 5.74) is 3.60. The van der Waals surface area contributed by atoms with E-state index in [4.69, 9.17) is 0 Å². The topological polar surface area (TPSA) is 64.8 Å². The molecule has 0 radical (unpaired) electrons. The number of thiazole rings is 1. The summed E-state index contributed by atoms with van der Waals surface area (Å²) < 4.78 is 13.5. The fourth-order valence-electron chi connectivity index (χ4n) is 2.39. The minimum Gasteiger partial charge on any atom is -0.370 e. The van der Waals surface area contributed by atoms with Gasteiger partial charge in [-0.15, -0.1) is 11.3 Å². The minimum absolute atomic E-state index is 0. The highest BCUT2D eigenvalue weighted by molar-refractivity contribution is 7.09. The maximum absolute atomic E-state index is 13.5. The normalized spacial score (nSPS) is 10.1. The first-order valence-electron chi connectivity index (χ1n) is 8.84. The van der Waals surface area contributed by atoms with Crippen molar-refractivity contribution in [2.45, 2.75) is 33.7 Å². The van der Waals surface area contributed by atoms with Crippen LogP contribution in [0, 0.1) is 31.1 Å². The fourth-order valence-corrected chi connectivity index (χ4v) is 2.83. The molecule has 3 rings (SSSR count). The molecule has 0 amide bonds. The molecule has 7 heteroatoms. The predicted octanol–water partition coefficient (Wildman–Crippen LogP) is 5.93. The largest absolute Gasteiger partial charge is 0.370 e. The van der Waals surface area contributed by atoms with Crippen molar-refractivity contribution in [1.29, 1.82) is 5.26 Å². The Morgan fingerprint density at radius 2 is 1.96 bits per heavy atom. The van der Waals surface area contributed by atoms with Crippen LogP contribution < -0.4 is 10.2 Å². The van der Waals surface area contributed by atoms with Crippen molar-refractivity contribution in [3.8, 4) is 6.07 Å². The van der Waals surface area contributed by atoms with Gasteiger partial charge in [-0.1, -0.05) is 6.07 Å². The van der Waals surface area contributed by atoms with Gasteiger partial charge in [0.25, 0.3) is 0 Å². The fraction of sp³-hybridized carbons (Fsp3) is 0.286. The summed E-state index contributed by atoms with van der Waals surface area (Å²) >= 11 is 1.67. The van der Waals surface area contributed by atoms with Crippen LogP contribution in [-0.4, -0.2) is 23.1 Å². The van der Waals surface area contributed by atoms with E-state index < -0.39 is 5.95 Å². The summed E-state index contributed by atoms with van der Waals surface area (Å²) in [5.74, 6) is -0.530. The number of aromatic nitrogens is 2. The lowest BCUT2D eigenvalue weighted by molar-refractivity contribution is 0.582. The third-order valence-electron chi connectivity index (χ3n) is 4.12. The van der Waals surface area contributed by atoms with Gasteiger partial charge in [0.05, 0.1) is 33.8 Å². The van der Waals surface area contributed by atoms with Crippen molar-refractivity contribution < 1.29 is 7.24 Å². The standard InChI is InChI=1S/C17H19FN4.C4H5NS.2H2/c1-11(2)22(4)16-8-17(18)20-10-15(16)21-14-6-5-12(3)7-13(14)9-19;1-4-5-2-3-6-4;;/h5-8,10-11,21H,1-4H3;2-3H,1H3;2*1H. The predicted molar refractivity (Wildman–Crippen MR) is 118 cm³/mol. The van der Waals surface area contributed by atoms with Gasteiger partial charge in [-0.3, -0.25) is 4.98 Å². The van der Waals surface area contributed by atoms with E-state index in [1.807, 2.05) is 63.2 Å². The van der Waals surface area contributed by atoms with E-state index in [9.17, 15) is 9.65 Å². The number of benzene rings is 1. The van der Waals surface area contributed by atoms with Crippen molar-refractivity contribution in [3.63, 3.8) is 0 Å². The molecule has 1 aromatic carbocycles. The summed E-state index contributed by atoms with van der Waals surface area (Å²) in [6, 6.07) is 9.34. The molecule has 150 valence electrons. The van der Waals surface area contributed by atoms with Crippen LogP contribution in [-0.2, 0) is 0 Å². The highest BCUT2D eigenvalue weighted by Gasteiger charge is 2.14. The molecule has 2 aromatic heterocycles. The highest BCUT2D eigenvalue weighted by atomic mass is 32.1. The molecule has 0 aliphatic heterocycles. The van der Waals surface area contributed by atoms with Crippen LogP contribution in [0.15, 0.2) is 42.0 Å². The van der Waals surface area contributed by atoms with E-state index in [1.54, 1.807) is 17.5 Å². The summed E-state index contributed by atoms with van der Waals surface area (Å²) in [6.07, 6.45) is 3.25. The molecule has 0 fully saturated rings. The summed E-state index contributed by atoms with van der Waals surface area (Å²) in [5, 5.41) is 15.5. The molecule has 28 heavy (non-hydrogen) atoms. The average Bonchev–Trinajstić information content (AvgIpc) is 3.15. The average molecular weight is 402 g/mol. The molecule has 1 N–H and O–H groups in total. The van der Waals surface area contributed by atoms with Crippen LogP contribution in [0.5, 0.6) is 0 Å². The van der Waals surface area contributed by atoms with Crippen LogP contribution in [0.4, 0.5) is 21.5 Å². The second-order valence-electron chi connectivity index (χ2n) is 6.57. The Morgan fingerprint density at radius 1 is 1.21 bits per heavy atom. The van der Waals surface area contributed by atoms with Crippen LogP contribution >= 0.6 is 11.3 Å². The SMILES string of the molecule is Cc1ccc(Nc2cnc(F)cc2N(C)C(C)C)c(C#N)c1.Cc1nccs1.[HH].[HH]. The number of nitriles is 1. The van der Waals surface area contributed by atoms with Crippen molar-refractivity contribution in [2.75, 3.05) is 17.3 Å². The molecular weight excluding hydrogens is 373 g/mol. The maximum Gasteiger partial charge on any atom is 0.215 e. The third-order valence-corrected chi connectivity index (χ3v) is 4.83. The van der Waals surface area contributed by atoms with E-state index in [1.165, 1.54) is 12.3 Å². The Bertz CT molecular complexity index is 959. The molecule has 0 spiro atoms. The lowest BCUT2D eigenvalue weighted by Crippen LogP contribution is -2.26. The smallest absolute Gasteiger partial charge is 0.215 e. The van der Waals surface area contributed by atoms with Gasteiger partial charge >= 0.3 is 0 Å². The van der Waals surface area contributed by atoms with Gasteiger partial charge in [-0.2, -0.15) is 9.65 Å². The van der Waals surface area contributed by atoms with Gasteiger partial charge < -0.3 is 10.2 Å². The molecule has 3 aromatic rings. The zero-order valence-electron chi connectivity index (χ0n) is 16.7. The van der Waals surface area contributed by atoms with Gasteiger partial charge in [0.1, 0.15) is 6.07 Å². The second kappa shape index (κ2) is 9.81. The Balaban J connectivity index is 0.000000906. The van der Waals surface area contributed by atoms with E-state index in [0.29, 0.717) is 22.6 Å². The number of halogens is 1. The molecule has 0 aliphatic rings. The first-order valence-corrected chi connectivity index (χ1v) is 9.72. The van der Waals surface area contributed by atoms with E-state index >= 15 is 0 Å². The summed E-state index contributed by atoms with van der Waals surface area (Å²) in [4.78, 5) is 9.60. The first-order chi connectivity index (χ1) is 13.3. The lowest BCUT2D eigenvalue weighted by Gasteiger charge is -2.26. The van der Waals surface area contributed by atoms with Crippen molar-refractivity contribution in [1.82, 2.24) is 9.97 Å². The van der Waals surface area contributed by atoms with Gasteiger partial charge in [0, 0.05) is 33.6 Å². The number of hydrogen-bond donors (Lipinski definition) is 1. The highest BCUT2D eigenvalue weighted by Crippen LogP contribution is 2.30. The molecule has 5 nitrogen and oxygen atoms in total. The van der Waals surface area contributed by atoms with Crippen molar-refractivity contribution in [2.24, 2.45) is 0 Å². The van der Waals surface area contributed by atoms with Crippen LogP contribution in [0.2, 0.25) is 0 Å². The van der Waals surface area contributed by atoms with Gasteiger partial charge in [-0.05, 0) is 45.4 Å². The molecule has 0 saturated heterocycles. The summed E-state index contributed by atoms with van der Waals surface area (Å²) in [7, 11) is 1.89. The van der Waals surface area contributed by atoms with E-state index in [-0.39, 0.29) is 8.90 Å². The van der Waals surface area contributed by atoms with Gasteiger partial charge in [0.15, 0.2) is 0 Å². The van der Waals surface area contributed by atoms with E-state index in [0.717, 1.165) is 10.6 Å². The van der Waals surface area contributed by atoms with Crippen LogP contribution in [0.3, 0.4) is 0 Å². The number of pyridine rings is 1. The Labute approximate surface area is 172 Å². The number of nitrogens with one attached hydrogen (secondary N) is 1. The maximum atomic E-state index is 13.5. The minimum atomic E-state index is -0.530. The Kier molecular flexibility index (Phi) is 7.47. The molecule has 0 aliphatic carbocycles. The van der Waals surface area contributed by atoms with Crippen LogP contribution in [0.1, 0.15) is 32.8 Å². The van der Waals surface area contributed by atoms with Crippen molar-refractivity contribution in [3.05, 3.63) is 64.1 Å². The number of anilines is 3. The number of aryl methyl sites for hydroxylation is 2. The molecular formula is C21H28FN5S. The monoisotopic (exact) mass is 401 g/mol. The van der Waals surface area contributed by atoms with Gasteiger partial charge in [-0.25, -0.2) is 4.98 Å². The zero-order valence-corrected chi connectivity index (χ0v) is 17.5. The third kappa shape index (κ3) is 5.76. The quantitative estimate of drug-likeness (QED) is 0.549. The number of nitrogens with zero attached hydrogens (tertiary/aromatic N) is 4. The zero-order chi connectivity index (χ0) is 20.7. The Hall–Kier alpha value is -2.98. The molecule has 0 saturated carbocycles. The first kappa shape index (κ1) is 21.3. The summed E-state index contributed by atoms with van der Waals surface area (Å²) in [6.45, 7) is 7.97. The van der Waals surface area contributed by atoms with Crippen molar-refractivity contribution >= 4 is 28.4 Å². The number of rotatable bonds is 4. The van der Waals surface area contributed by atoms with E-state index in [2.05, 4.69) is 21.4 Å². The molecule has 0 bridgehead atoms. The molecule has 0 unspecified atom stereocenters. The Morgan fingerprint density at radius 3 is 2.50 bits per heavy atom.